The summed E-state index contributed by atoms with van der Waals surface area (Å²) >= 11 is 0. The molecule has 3 heteroatoms. The maximum Gasteiger partial charge on any atom is 0.120 e. The molecule has 0 aliphatic carbocycles. The van der Waals surface area contributed by atoms with Crippen LogP contribution in [0.15, 0.2) is 54.6 Å². The van der Waals surface area contributed by atoms with Crippen LogP contribution in [0.3, 0.4) is 0 Å². The van der Waals surface area contributed by atoms with Crippen LogP contribution in [0.25, 0.3) is 0 Å². The highest BCUT2D eigenvalue weighted by atomic mass is 16.5. The van der Waals surface area contributed by atoms with E-state index in [0.29, 0.717) is 12.6 Å². The Balaban J connectivity index is 1.60. The van der Waals surface area contributed by atoms with Crippen LogP contribution in [-0.4, -0.2) is 24.0 Å². The highest BCUT2D eigenvalue weighted by Crippen LogP contribution is 2.21. The van der Waals surface area contributed by atoms with Crippen LogP contribution in [0.5, 0.6) is 5.75 Å². The minimum atomic E-state index is 0.536. The van der Waals surface area contributed by atoms with E-state index in [9.17, 15) is 0 Å². The first kappa shape index (κ1) is 15.1. The Labute approximate surface area is 132 Å². The molecule has 0 aromatic heterocycles. The van der Waals surface area contributed by atoms with Crippen LogP contribution in [0, 0.1) is 0 Å². The SMILES string of the molecule is NCC1CCCN1Cc1cccc(OCc2ccccc2)c1. The van der Waals surface area contributed by atoms with Gasteiger partial charge in [0.1, 0.15) is 12.4 Å². The van der Waals surface area contributed by atoms with E-state index in [4.69, 9.17) is 10.5 Å². The Morgan fingerprint density at radius 3 is 2.68 bits per heavy atom. The fourth-order valence-corrected chi connectivity index (χ4v) is 3.08. The van der Waals surface area contributed by atoms with Gasteiger partial charge in [-0.3, -0.25) is 4.90 Å². The molecule has 2 aromatic carbocycles. The van der Waals surface area contributed by atoms with E-state index in [2.05, 4.69) is 35.2 Å². The summed E-state index contributed by atoms with van der Waals surface area (Å²) < 4.78 is 5.91. The zero-order valence-corrected chi connectivity index (χ0v) is 12.9. The van der Waals surface area contributed by atoms with Crippen LogP contribution in [0.1, 0.15) is 24.0 Å². The third-order valence-electron chi connectivity index (χ3n) is 4.30. The van der Waals surface area contributed by atoms with Gasteiger partial charge in [-0.1, -0.05) is 42.5 Å². The molecule has 1 saturated heterocycles. The lowest BCUT2D eigenvalue weighted by atomic mass is 10.1. The number of likely N-dealkylation sites (tertiary alicyclic amines) is 1. The number of nitrogens with two attached hydrogens (primary N) is 1. The van der Waals surface area contributed by atoms with Crippen molar-refractivity contribution in [3.63, 3.8) is 0 Å². The fraction of sp³-hybridized carbons (Fsp3) is 0.368. The molecule has 3 nitrogen and oxygen atoms in total. The lowest BCUT2D eigenvalue weighted by Crippen LogP contribution is -2.34. The monoisotopic (exact) mass is 296 g/mol. The largest absolute Gasteiger partial charge is 0.489 e. The van der Waals surface area contributed by atoms with Gasteiger partial charge in [0.25, 0.3) is 0 Å². The van der Waals surface area contributed by atoms with Crippen LogP contribution in [0.4, 0.5) is 0 Å². The topological polar surface area (TPSA) is 38.5 Å². The zero-order chi connectivity index (χ0) is 15.2. The average Bonchev–Trinajstić information content (AvgIpc) is 3.01. The number of ether oxygens (including phenoxy) is 1. The minimum Gasteiger partial charge on any atom is -0.489 e. The summed E-state index contributed by atoms with van der Waals surface area (Å²) in [5, 5.41) is 0. The highest BCUT2D eigenvalue weighted by molar-refractivity contribution is 5.29. The molecule has 1 heterocycles. The molecule has 3 rings (SSSR count). The van der Waals surface area contributed by atoms with Gasteiger partial charge in [0, 0.05) is 19.1 Å². The van der Waals surface area contributed by atoms with E-state index in [0.717, 1.165) is 25.4 Å². The van der Waals surface area contributed by atoms with Crippen LogP contribution in [0.2, 0.25) is 0 Å². The average molecular weight is 296 g/mol. The van der Waals surface area contributed by atoms with Crippen molar-refractivity contribution in [3.05, 3.63) is 65.7 Å². The minimum absolute atomic E-state index is 0.536. The Morgan fingerprint density at radius 2 is 1.86 bits per heavy atom. The summed E-state index contributed by atoms with van der Waals surface area (Å²) in [7, 11) is 0. The molecule has 0 saturated carbocycles. The van der Waals surface area contributed by atoms with Crippen molar-refractivity contribution in [2.45, 2.75) is 32.0 Å². The summed E-state index contributed by atoms with van der Waals surface area (Å²) in [6.07, 6.45) is 2.48. The zero-order valence-electron chi connectivity index (χ0n) is 12.9. The lowest BCUT2D eigenvalue weighted by molar-refractivity contribution is 0.249. The van der Waals surface area contributed by atoms with E-state index in [-0.39, 0.29) is 0 Å². The molecule has 1 aliphatic rings. The molecule has 0 amide bonds. The van der Waals surface area contributed by atoms with Gasteiger partial charge in [-0.25, -0.2) is 0 Å². The van der Waals surface area contributed by atoms with Gasteiger partial charge < -0.3 is 10.5 Å². The summed E-state index contributed by atoms with van der Waals surface area (Å²) in [5.74, 6) is 0.935. The second kappa shape index (κ2) is 7.43. The lowest BCUT2D eigenvalue weighted by Gasteiger charge is -2.23. The second-order valence-electron chi connectivity index (χ2n) is 5.92. The molecule has 1 fully saturated rings. The molecule has 0 radical (unpaired) electrons. The standard InChI is InChI=1S/C19H24N2O/c20-13-18-9-5-11-21(18)14-17-8-4-10-19(12-17)22-15-16-6-2-1-3-7-16/h1-4,6-8,10,12,18H,5,9,11,13-15,20H2. The smallest absolute Gasteiger partial charge is 0.120 e. The molecule has 0 spiro atoms. The van der Waals surface area contributed by atoms with Crippen LogP contribution < -0.4 is 10.5 Å². The summed E-state index contributed by atoms with van der Waals surface area (Å²) in [6, 6.07) is 19.2. The molecule has 22 heavy (non-hydrogen) atoms. The van der Waals surface area contributed by atoms with Crippen molar-refractivity contribution in [3.8, 4) is 5.75 Å². The predicted molar refractivity (Wildman–Crippen MR) is 89.7 cm³/mol. The van der Waals surface area contributed by atoms with Crippen molar-refractivity contribution in [2.24, 2.45) is 5.73 Å². The first-order valence-electron chi connectivity index (χ1n) is 8.05. The van der Waals surface area contributed by atoms with E-state index in [1.54, 1.807) is 0 Å². The van der Waals surface area contributed by atoms with Gasteiger partial charge in [-0.15, -0.1) is 0 Å². The third kappa shape index (κ3) is 3.87. The Kier molecular flexibility index (Phi) is 5.09. The maximum absolute atomic E-state index is 5.91. The van der Waals surface area contributed by atoms with Gasteiger partial charge in [0.2, 0.25) is 0 Å². The molecular weight excluding hydrogens is 272 g/mol. The first-order valence-corrected chi connectivity index (χ1v) is 8.05. The maximum atomic E-state index is 5.91. The highest BCUT2D eigenvalue weighted by Gasteiger charge is 2.22. The molecule has 1 atom stereocenters. The molecule has 116 valence electrons. The Hall–Kier alpha value is -1.84. The number of hydrogen-bond acceptors (Lipinski definition) is 3. The fourth-order valence-electron chi connectivity index (χ4n) is 3.08. The van der Waals surface area contributed by atoms with Gasteiger partial charge in [-0.2, -0.15) is 0 Å². The molecular formula is C19H24N2O. The van der Waals surface area contributed by atoms with Crippen molar-refractivity contribution >= 4 is 0 Å². The Morgan fingerprint density at radius 1 is 1.05 bits per heavy atom. The summed E-state index contributed by atoms with van der Waals surface area (Å²) in [5.41, 5.74) is 8.34. The molecule has 2 N–H and O–H groups in total. The number of hydrogen-bond donors (Lipinski definition) is 1. The van der Waals surface area contributed by atoms with E-state index in [1.165, 1.54) is 24.0 Å². The van der Waals surface area contributed by atoms with Crippen LogP contribution in [-0.2, 0) is 13.2 Å². The van der Waals surface area contributed by atoms with Gasteiger partial charge >= 0.3 is 0 Å². The van der Waals surface area contributed by atoms with Crippen molar-refractivity contribution < 1.29 is 4.74 Å². The molecule has 1 unspecified atom stereocenters. The number of rotatable bonds is 6. The number of benzene rings is 2. The second-order valence-corrected chi connectivity index (χ2v) is 5.92. The third-order valence-corrected chi connectivity index (χ3v) is 4.30. The normalized spacial score (nSPS) is 18.5. The van der Waals surface area contributed by atoms with Crippen molar-refractivity contribution in [1.82, 2.24) is 4.90 Å². The summed E-state index contributed by atoms with van der Waals surface area (Å²) in [6.45, 7) is 3.48. The van der Waals surface area contributed by atoms with E-state index < -0.39 is 0 Å². The molecule has 1 aliphatic heterocycles. The Bertz CT molecular complexity index is 585. The van der Waals surface area contributed by atoms with Crippen molar-refractivity contribution in [2.75, 3.05) is 13.1 Å². The van der Waals surface area contributed by atoms with E-state index >= 15 is 0 Å². The quantitative estimate of drug-likeness (QED) is 0.889. The molecule has 2 aromatic rings. The molecule has 0 bridgehead atoms. The van der Waals surface area contributed by atoms with Gasteiger partial charge in [0.05, 0.1) is 0 Å². The van der Waals surface area contributed by atoms with E-state index in [1.807, 2.05) is 24.3 Å². The van der Waals surface area contributed by atoms with Crippen molar-refractivity contribution in [1.29, 1.82) is 0 Å². The van der Waals surface area contributed by atoms with Gasteiger partial charge in [0.15, 0.2) is 0 Å². The number of nitrogens with zero attached hydrogens (tertiary/aromatic N) is 1. The van der Waals surface area contributed by atoms with Crippen LogP contribution >= 0.6 is 0 Å². The first-order chi connectivity index (χ1) is 10.8. The van der Waals surface area contributed by atoms with Gasteiger partial charge in [-0.05, 0) is 42.6 Å². The predicted octanol–water partition coefficient (Wildman–Crippen LogP) is 3.19. The summed E-state index contributed by atoms with van der Waals surface area (Å²) in [4.78, 5) is 2.48.